The zero-order valence-corrected chi connectivity index (χ0v) is 11.0. The monoisotopic (exact) mass is 268 g/mol. The van der Waals surface area contributed by atoms with Gasteiger partial charge in [0.05, 0.1) is 19.1 Å². The minimum atomic E-state index is -0.556. The number of nitrogens with zero attached hydrogens (tertiary/aromatic N) is 1. The number of carbonyl (C=O) groups excluding carboxylic acids is 1. The summed E-state index contributed by atoms with van der Waals surface area (Å²) in [4.78, 5) is 13.4. The first kappa shape index (κ1) is 12.7. The van der Waals surface area contributed by atoms with Crippen LogP contribution >= 0.6 is 0 Å². The number of nitrogens with two attached hydrogens (primary N) is 1. The van der Waals surface area contributed by atoms with Crippen LogP contribution in [0.25, 0.3) is 11.1 Å². The van der Waals surface area contributed by atoms with Gasteiger partial charge in [-0.15, -0.1) is 0 Å². The molecule has 0 radical (unpaired) electrons. The molecule has 1 aliphatic rings. The predicted octanol–water partition coefficient (Wildman–Crippen LogP) is 2.03. The van der Waals surface area contributed by atoms with Gasteiger partial charge >= 0.3 is 0 Å². The van der Waals surface area contributed by atoms with Crippen molar-refractivity contribution in [2.45, 2.75) is 12.5 Å². The minimum Gasteiger partial charge on any atom is -0.399 e. The maximum atomic E-state index is 11.7. The lowest BCUT2D eigenvalue weighted by atomic mass is 10.0. The number of β-amino-alcohol motifs (C(OH)–C–C–N with tert-alkyl or cyclic N) is 1. The maximum Gasteiger partial charge on any atom is 0.229 e. The summed E-state index contributed by atoms with van der Waals surface area (Å²) in [6, 6.07) is 15.4. The molecule has 4 heteroatoms. The lowest BCUT2D eigenvalue weighted by Gasteiger charge is -2.16. The summed E-state index contributed by atoms with van der Waals surface area (Å²) >= 11 is 0. The van der Waals surface area contributed by atoms with E-state index in [0.29, 0.717) is 6.54 Å². The van der Waals surface area contributed by atoms with Crippen molar-refractivity contribution in [1.29, 1.82) is 0 Å². The molecule has 0 aromatic heterocycles. The lowest BCUT2D eigenvalue weighted by molar-refractivity contribution is -0.117. The van der Waals surface area contributed by atoms with Gasteiger partial charge in [0, 0.05) is 11.4 Å². The van der Waals surface area contributed by atoms with Crippen LogP contribution in [-0.2, 0) is 4.79 Å². The Labute approximate surface area is 117 Å². The Morgan fingerprint density at radius 1 is 1.00 bits per heavy atom. The summed E-state index contributed by atoms with van der Waals surface area (Å²) in [5.41, 5.74) is 9.39. The van der Waals surface area contributed by atoms with E-state index in [1.807, 2.05) is 48.5 Å². The summed E-state index contributed by atoms with van der Waals surface area (Å²) in [5.74, 6) is -0.0299. The average Bonchev–Trinajstić information content (AvgIpc) is 2.79. The van der Waals surface area contributed by atoms with E-state index in [0.717, 1.165) is 22.5 Å². The van der Waals surface area contributed by atoms with Crippen molar-refractivity contribution < 1.29 is 9.90 Å². The quantitative estimate of drug-likeness (QED) is 0.819. The molecule has 0 aliphatic carbocycles. The Kier molecular flexibility index (Phi) is 3.16. The fourth-order valence-electron chi connectivity index (χ4n) is 2.45. The molecule has 2 aromatic rings. The van der Waals surface area contributed by atoms with Gasteiger partial charge in [0.1, 0.15) is 0 Å². The van der Waals surface area contributed by atoms with Crippen molar-refractivity contribution in [2.75, 3.05) is 17.2 Å². The molecule has 20 heavy (non-hydrogen) atoms. The lowest BCUT2D eigenvalue weighted by Crippen LogP contribution is -2.25. The van der Waals surface area contributed by atoms with Gasteiger partial charge in [0.2, 0.25) is 5.91 Å². The molecule has 3 rings (SSSR count). The Morgan fingerprint density at radius 3 is 2.05 bits per heavy atom. The highest BCUT2D eigenvalue weighted by Gasteiger charge is 2.28. The number of carbonyl (C=O) groups is 1. The van der Waals surface area contributed by atoms with E-state index in [1.165, 1.54) is 0 Å². The third-order valence-electron chi connectivity index (χ3n) is 3.53. The molecule has 1 atom stereocenters. The van der Waals surface area contributed by atoms with Crippen LogP contribution in [0.1, 0.15) is 6.42 Å². The number of hydrogen-bond donors (Lipinski definition) is 2. The SMILES string of the molecule is Nc1ccc(-c2ccc(N3CC(O)CC3=O)cc2)cc1. The van der Waals surface area contributed by atoms with Crippen LogP contribution in [0.2, 0.25) is 0 Å². The van der Waals surface area contributed by atoms with Crippen LogP contribution in [0.15, 0.2) is 48.5 Å². The normalized spacial score (nSPS) is 18.6. The summed E-state index contributed by atoms with van der Waals surface area (Å²) in [7, 11) is 0. The average molecular weight is 268 g/mol. The molecule has 102 valence electrons. The highest BCUT2D eigenvalue weighted by atomic mass is 16.3. The molecule has 1 saturated heterocycles. The van der Waals surface area contributed by atoms with E-state index in [9.17, 15) is 9.90 Å². The zero-order chi connectivity index (χ0) is 14.1. The molecular formula is C16H16N2O2. The first-order valence-electron chi connectivity index (χ1n) is 6.58. The smallest absolute Gasteiger partial charge is 0.229 e. The van der Waals surface area contributed by atoms with Crippen LogP contribution in [0.3, 0.4) is 0 Å². The molecule has 1 unspecified atom stereocenters. The number of aliphatic hydroxyl groups is 1. The van der Waals surface area contributed by atoms with Gasteiger partial charge in [-0.3, -0.25) is 4.79 Å². The second-order valence-electron chi connectivity index (χ2n) is 5.03. The largest absolute Gasteiger partial charge is 0.399 e. The van der Waals surface area contributed by atoms with Crippen LogP contribution in [-0.4, -0.2) is 23.7 Å². The van der Waals surface area contributed by atoms with E-state index >= 15 is 0 Å². The zero-order valence-electron chi connectivity index (χ0n) is 11.0. The van der Waals surface area contributed by atoms with Crippen molar-refractivity contribution in [2.24, 2.45) is 0 Å². The number of benzene rings is 2. The number of anilines is 2. The van der Waals surface area contributed by atoms with Crippen molar-refractivity contribution in [1.82, 2.24) is 0 Å². The molecule has 0 saturated carbocycles. The second kappa shape index (κ2) is 4.98. The molecule has 0 bridgehead atoms. The fraction of sp³-hybridized carbons (Fsp3) is 0.188. The molecule has 4 nitrogen and oxygen atoms in total. The number of nitrogen functional groups attached to an aromatic ring is 1. The molecular weight excluding hydrogens is 252 g/mol. The number of aliphatic hydroxyl groups excluding tert-OH is 1. The van der Waals surface area contributed by atoms with Gasteiger partial charge in [0.25, 0.3) is 0 Å². The van der Waals surface area contributed by atoms with Crippen molar-refractivity contribution in [3.8, 4) is 11.1 Å². The van der Waals surface area contributed by atoms with Crippen LogP contribution < -0.4 is 10.6 Å². The van der Waals surface area contributed by atoms with E-state index < -0.39 is 6.10 Å². The Bertz CT molecular complexity index is 620. The third-order valence-corrected chi connectivity index (χ3v) is 3.53. The van der Waals surface area contributed by atoms with Crippen molar-refractivity contribution in [3.63, 3.8) is 0 Å². The Morgan fingerprint density at radius 2 is 1.55 bits per heavy atom. The van der Waals surface area contributed by atoms with E-state index in [1.54, 1.807) is 4.90 Å². The van der Waals surface area contributed by atoms with E-state index in [-0.39, 0.29) is 12.3 Å². The Hall–Kier alpha value is -2.33. The van der Waals surface area contributed by atoms with Gasteiger partial charge in [-0.2, -0.15) is 0 Å². The van der Waals surface area contributed by atoms with E-state index in [2.05, 4.69) is 0 Å². The van der Waals surface area contributed by atoms with E-state index in [4.69, 9.17) is 5.73 Å². The first-order valence-corrected chi connectivity index (χ1v) is 6.58. The molecule has 3 N–H and O–H groups in total. The maximum absolute atomic E-state index is 11.7. The number of amides is 1. The predicted molar refractivity (Wildman–Crippen MR) is 79.3 cm³/mol. The molecule has 1 aliphatic heterocycles. The van der Waals surface area contributed by atoms with Gasteiger partial charge in [-0.1, -0.05) is 24.3 Å². The molecule has 2 aromatic carbocycles. The standard InChI is InChI=1S/C16H16N2O2/c17-13-5-1-11(2-6-13)12-3-7-14(8-4-12)18-10-15(19)9-16(18)20/h1-8,15,19H,9-10,17H2. The van der Waals surface area contributed by atoms with Gasteiger partial charge in [-0.25, -0.2) is 0 Å². The topological polar surface area (TPSA) is 66.6 Å². The minimum absolute atomic E-state index is 0.0299. The highest BCUT2D eigenvalue weighted by molar-refractivity contribution is 5.96. The van der Waals surface area contributed by atoms with Crippen LogP contribution in [0.4, 0.5) is 11.4 Å². The van der Waals surface area contributed by atoms with Gasteiger partial charge in [0.15, 0.2) is 0 Å². The summed E-state index contributed by atoms with van der Waals surface area (Å²) in [5, 5.41) is 9.52. The summed E-state index contributed by atoms with van der Waals surface area (Å²) in [6.45, 7) is 0.375. The number of hydrogen-bond acceptors (Lipinski definition) is 3. The molecule has 1 heterocycles. The van der Waals surface area contributed by atoms with Crippen molar-refractivity contribution >= 4 is 17.3 Å². The molecule has 1 amide bonds. The molecule has 1 fully saturated rings. The first-order chi connectivity index (χ1) is 9.63. The van der Waals surface area contributed by atoms with Crippen molar-refractivity contribution in [3.05, 3.63) is 48.5 Å². The Balaban J connectivity index is 1.84. The second-order valence-corrected chi connectivity index (χ2v) is 5.03. The molecule has 0 spiro atoms. The van der Waals surface area contributed by atoms with Gasteiger partial charge in [-0.05, 0) is 35.4 Å². The third kappa shape index (κ3) is 2.38. The highest BCUT2D eigenvalue weighted by Crippen LogP contribution is 2.26. The number of rotatable bonds is 2. The summed E-state index contributed by atoms with van der Waals surface area (Å²) in [6.07, 6.45) is -0.348. The fourth-order valence-corrected chi connectivity index (χ4v) is 2.45. The van der Waals surface area contributed by atoms with Crippen LogP contribution in [0, 0.1) is 0 Å². The summed E-state index contributed by atoms with van der Waals surface area (Å²) < 4.78 is 0. The van der Waals surface area contributed by atoms with Crippen LogP contribution in [0.5, 0.6) is 0 Å². The van der Waals surface area contributed by atoms with Gasteiger partial charge < -0.3 is 15.7 Å².